The van der Waals surface area contributed by atoms with Crippen molar-refractivity contribution in [2.75, 3.05) is 20.8 Å². The Hall–Kier alpha value is -3.32. The van der Waals surface area contributed by atoms with Gasteiger partial charge in [0.25, 0.3) is 10.0 Å². The van der Waals surface area contributed by atoms with Crippen molar-refractivity contribution in [3.8, 4) is 0 Å². The summed E-state index contributed by atoms with van der Waals surface area (Å²) in [7, 11) is -1.01. The van der Waals surface area contributed by atoms with Crippen molar-refractivity contribution >= 4 is 38.2 Å². The van der Waals surface area contributed by atoms with Gasteiger partial charge in [0.2, 0.25) is 0 Å². The molecule has 3 aromatic carbocycles. The van der Waals surface area contributed by atoms with E-state index in [1.54, 1.807) is 18.2 Å². The van der Waals surface area contributed by atoms with Crippen LogP contribution in [0.15, 0.2) is 71.6 Å². The molecule has 1 heterocycles. The average molecular weight is 409 g/mol. The number of hydrogen-bond donors (Lipinski definition) is 0. The van der Waals surface area contributed by atoms with E-state index in [0.29, 0.717) is 22.6 Å². The smallest absolute Gasteiger partial charge is 0.343 e. The maximum atomic E-state index is 13.1. The molecule has 0 aromatic heterocycles. The Kier molecular flexibility index (Phi) is 4.76. The molecule has 1 aliphatic heterocycles. The van der Waals surface area contributed by atoms with E-state index in [2.05, 4.69) is 4.74 Å². The maximum Gasteiger partial charge on any atom is 0.343 e. The van der Waals surface area contributed by atoms with Crippen LogP contribution in [0.25, 0.3) is 22.2 Å². The number of carbonyl (C=O) groups is 1. The molecule has 7 heteroatoms. The first-order valence-corrected chi connectivity index (χ1v) is 10.4. The second kappa shape index (κ2) is 7.25. The van der Waals surface area contributed by atoms with Gasteiger partial charge in [-0.05, 0) is 29.0 Å². The van der Waals surface area contributed by atoms with Crippen molar-refractivity contribution in [3.05, 3.63) is 77.9 Å². The van der Waals surface area contributed by atoms with E-state index in [0.717, 1.165) is 10.8 Å². The summed E-state index contributed by atoms with van der Waals surface area (Å²) < 4.78 is 38.0. The van der Waals surface area contributed by atoms with Crippen molar-refractivity contribution < 1.29 is 22.7 Å². The van der Waals surface area contributed by atoms with Gasteiger partial charge in [0, 0.05) is 18.2 Å². The lowest BCUT2D eigenvalue weighted by molar-refractivity contribution is -0.143. The molecule has 0 spiro atoms. The topological polar surface area (TPSA) is 72.9 Å². The van der Waals surface area contributed by atoms with Gasteiger partial charge < -0.3 is 9.47 Å². The fourth-order valence-corrected chi connectivity index (χ4v) is 4.82. The first kappa shape index (κ1) is 19.0. The van der Waals surface area contributed by atoms with Gasteiger partial charge in [-0.2, -0.15) is 0 Å². The van der Waals surface area contributed by atoms with Crippen molar-refractivity contribution in [2.24, 2.45) is 0 Å². The van der Waals surface area contributed by atoms with E-state index >= 15 is 0 Å². The average Bonchev–Trinajstić information content (AvgIpc) is 2.75. The van der Waals surface area contributed by atoms with E-state index < -0.39 is 16.0 Å². The Morgan fingerprint density at radius 1 is 0.966 bits per heavy atom. The summed E-state index contributed by atoms with van der Waals surface area (Å²) in [6, 6.07) is 20.1. The van der Waals surface area contributed by atoms with E-state index in [1.807, 2.05) is 42.5 Å². The van der Waals surface area contributed by atoms with Gasteiger partial charge in [-0.15, -0.1) is 0 Å². The number of ether oxygens (including phenoxy) is 2. The monoisotopic (exact) mass is 409 g/mol. The zero-order chi connectivity index (χ0) is 20.6. The van der Waals surface area contributed by atoms with Crippen LogP contribution in [0.1, 0.15) is 11.1 Å². The van der Waals surface area contributed by atoms with Crippen LogP contribution in [0.3, 0.4) is 0 Å². The molecule has 0 N–H and O–H groups in total. The zero-order valence-corrected chi connectivity index (χ0v) is 16.8. The Bertz CT molecular complexity index is 1250. The van der Waals surface area contributed by atoms with Crippen molar-refractivity contribution in [2.45, 2.75) is 4.90 Å². The van der Waals surface area contributed by atoms with Crippen LogP contribution in [0, 0.1) is 0 Å². The largest absolute Gasteiger partial charge is 0.479 e. The number of nitrogens with zero attached hydrogens (tertiary/aromatic N) is 1. The van der Waals surface area contributed by atoms with Crippen LogP contribution in [0.5, 0.6) is 0 Å². The second-order valence-electron chi connectivity index (χ2n) is 6.57. The summed E-state index contributed by atoms with van der Waals surface area (Å²) >= 11 is 0. The highest BCUT2D eigenvalue weighted by Crippen LogP contribution is 2.41. The van der Waals surface area contributed by atoms with Crippen LogP contribution < -0.4 is 0 Å². The fourth-order valence-electron chi connectivity index (χ4n) is 3.40. The first-order chi connectivity index (χ1) is 13.9. The second-order valence-corrected chi connectivity index (χ2v) is 8.51. The fraction of sp³-hybridized carbons (Fsp3) is 0.136. The molecule has 4 rings (SSSR count). The Morgan fingerprint density at radius 2 is 1.66 bits per heavy atom. The highest BCUT2D eigenvalue weighted by atomic mass is 32.2. The highest BCUT2D eigenvalue weighted by Gasteiger charge is 2.36. The number of fused-ring (bicyclic) bond motifs is 2. The molecular formula is C22H19NO5S. The molecule has 29 heavy (non-hydrogen) atoms. The minimum Gasteiger partial charge on any atom is -0.479 e. The van der Waals surface area contributed by atoms with Crippen molar-refractivity contribution in [1.82, 2.24) is 4.31 Å². The van der Waals surface area contributed by atoms with Gasteiger partial charge in [0.1, 0.15) is 5.70 Å². The van der Waals surface area contributed by atoms with Gasteiger partial charge in [0.15, 0.2) is 12.4 Å². The molecule has 0 aliphatic carbocycles. The SMILES string of the molecule is COC(=O)COC1=C(c2ccc3ccccc3c2)N(C)S(=O)(=O)c2ccccc21. The van der Waals surface area contributed by atoms with Crippen molar-refractivity contribution in [1.29, 1.82) is 0 Å². The van der Waals surface area contributed by atoms with Crippen LogP contribution in [-0.2, 0) is 24.3 Å². The lowest BCUT2D eigenvalue weighted by Gasteiger charge is -2.31. The number of benzene rings is 3. The van der Waals surface area contributed by atoms with Crippen molar-refractivity contribution in [3.63, 3.8) is 0 Å². The van der Waals surface area contributed by atoms with E-state index in [1.165, 1.54) is 24.5 Å². The summed E-state index contributed by atoms with van der Waals surface area (Å²) in [5.41, 5.74) is 1.46. The zero-order valence-electron chi connectivity index (χ0n) is 16.0. The Balaban J connectivity index is 1.97. The summed E-state index contributed by atoms with van der Waals surface area (Å²) in [6.45, 7) is -0.328. The number of esters is 1. The molecule has 3 aromatic rings. The molecule has 0 saturated heterocycles. The van der Waals surface area contributed by atoms with E-state index in [9.17, 15) is 13.2 Å². The lowest BCUT2D eigenvalue weighted by Crippen LogP contribution is -2.31. The maximum absolute atomic E-state index is 13.1. The minimum atomic E-state index is -3.77. The summed E-state index contributed by atoms with van der Waals surface area (Å²) in [4.78, 5) is 11.8. The molecule has 0 saturated carbocycles. The summed E-state index contributed by atoms with van der Waals surface area (Å²) in [5.74, 6) is -0.234. The summed E-state index contributed by atoms with van der Waals surface area (Å²) in [5, 5.41) is 2.00. The third-order valence-corrected chi connectivity index (χ3v) is 6.70. The highest BCUT2D eigenvalue weighted by molar-refractivity contribution is 7.89. The molecular weight excluding hydrogens is 390 g/mol. The third-order valence-electron chi connectivity index (χ3n) is 4.89. The molecule has 0 atom stereocenters. The normalized spacial score (nSPS) is 15.2. The third kappa shape index (κ3) is 3.23. The molecule has 1 aliphatic rings. The number of rotatable bonds is 4. The van der Waals surface area contributed by atoms with Gasteiger partial charge in [0.05, 0.1) is 12.0 Å². The van der Waals surface area contributed by atoms with Gasteiger partial charge in [-0.3, -0.25) is 4.31 Å². The first-order valence-electron chi connectivity index (χ1n) is 8.95. The predicted molar refractivity (Wildman–Crippen MR) is 110 cm³/mol. The number of carbonyl (C=O) groups excluding carboxylic acids is 1. The van der Waals surface area contributed by atoms with Crippen LogP contribution >= 0.6 is 0 Å². The standard InChI is InChI=1S/C22H19NO5S/c1-23-21(17-12-11-15-7-3-4-8-16(15)13-17)22(28-14-20(24)27-2)18-9-5-6-10-19(18)29(23,25)26/h3-13H,14H2,1-2H3. The van der Waals surface area contributed by atoms with E-state index in [-0.39, 0.29) is 11.5 Å². The van der Waals surface area contributed by atoms with Gasteiger partial charge in [-0.25, -0.2) is 13.2 Å². The van der Waals surface area contributed by atoms with E-state index in [4.69, 9.17) is 4.74 Å². The summed E-state index contributed by atoms with van der Waals surface area (Å²) in [6.07, 6.45) is 0. The molecule has 0 fully saturated rings. The minimum absolute atomic E-state index is 0.131. The lowest BCUT2D eigenvalue weighted by atomic mass is 10.0. The molecule has 0 unspecified atom stereocenters. The van der Waals surface area contributed by atoms with Crippen LogP contribution in [-0.4, -0.2) is 39.5 Å². The molecule has 0 bridgehead atoms. The molecule has 0 radical (unpaired) electrons. The van der Waals surface area contributed by atoms with Crippen LogP contribution in [0.4, 0.5) is 0 Å². The number of methoxy groups -OCH3 is 1. The van der Waals surface area contributed by atoms with Gasteiger partial charge in [-0.1, -0.05) is 48.5 Å². The van der Waals surface area contributed by atoms with Gasteiger partial charge >= 0.3 is 5.97 Å². The Morgan fingerprint density at radius 3 is 2.41 bits per heavy atom. The predicted octanol–water partition coefficient (Wildman–Crippen LogP) is 3.49. The number of hydrogen-bond acceptors (Lipinski definition) is 5. The number of sulfonamides is 1. The Labute approximate surface area is 169 Å². The van der Waals surface area contributed by atoms with Crippen LogP contribution in [0.2, 0.25) is 0 Å². The molecule has 6 nitrogen and oxygen atoms in total. The quantitative estimate of drug-likeness (QED) is 0.617. The molecule has 0 amide bonds. The molecule has 148 valence electrons.